The van der Waals surface area contributed by atoms with Gasteiger partial charge in [-0.2, -0.15) is 0 Å². The van der Waals surface area contributed by atoms with Crippen LogP contribution in [0.3, 0.4) is 0 Å². The van der Waals surface area contributed by atoms with Crippen molar-refractivity contribution in [3.63, 3.8) is 0 Å². The van der Waals surface area contributed by atoms with E-state index in [0.717, 1.165) is 16.9 Å². The van der Waals surface area contributed by atoms with E-state index >= 15 is 0 Å². The number of rotatable bonds is 6. The van der Waals surface area contributed by atoms with Gasteiger partial charge in [-0.3, -0.25) is 9.97 Å². The second-order valence-corrected chi connectivity index (χ2v) is 16.4. The quantitative estimate of drug-likeness (QED) is 0.178. The van der Waals surface area contributed by atoms with Crippen LogP contribution in [0.2, 0.25) is 0 Å². The monoisotopic (exact) mass is 678 g/mol. The van der Waals surface area contributed by atoms with Crippen LogP contribution in [0.5, 0.6) is 0 Å². The van der Waals surface area contributed by atoms with Gasteiger partial charge in [0, 0.05) is 56.9 Å². The second kappa shape index (κ2) is 11.9. The van der Waals surface area contributed by atoms with Crippen molar-refractivity contribution in [2.45, 2.75) is 86.0 Å². The average molecular weight is 679 g/mol. The third kappa shape index (κ3) is 4.88. The molecule has 52 heavy (non-hydrogen) atoms. The molecular weight excluding hydrogens is 631 g/mol. The van der Waals surface area contributed by atoms with Crippen molar-refractivity contribution in [3.8, 4) is 28.1 Å². The summed E-state index contributed by atoms with van der Waals surface area (Å²) in [7, 11) is 0. The van der Waals surface area contributed by atoms with E-state index < -0.39 is 0 Å². The summed E-state index contributed by atoms with van der Waals surface area (Å²) in [5.74, 6) is 1.66. The molecule has 0 saturated heterocycles. The lowest BCUT2D eigenvalue weighted by atomic mass is 9.33. The summed E-state index contributed by atoms with van der Waals surface area (Å²) in [6.45, 7) is 20.8. The Labute approximate surface area is 308 Å². The van der Waals surface area contributed by atoms with Crippen molar-refractivity contribution in [1.82, 2.24) is 14.5 Å². The molecule has 5 aromatic carbocycles. The Morgan fingerprint density at radius 2 is 1.29 bits per heavy atom. The Morgan fingerprint density at radius 1 is 0.635 bits per heavy atom. The fraction of sp³-hybridized carbons (Fsp3) is 0.277. The highest BCUT2D eigenvalue weighted by molar-refractivity contribution is 7.00. The molecule has 0 aliphatic carbocycles. The summed E-state index contributed by atoms with van der Waals surface area (Å²) in [6.07, 6.45) is 5.43. The molecule has 2 aliphatic heterocycles. The zero-order chi connectivity index (χ0) is 36.2. The molecule has 2 aromatic heterocycles. The molecule has 9 rings (SSSR count). The molecule has 0 radical (unpaired) electrons. The third-order valence-electron chi connectivity index (χ3n) is 11.8. The normalized spacial score (nSPS) is 13.1. The highest BCUT2D eigenvalue weighted by atomic mass is 15.0. The summed E-state index contributed by atoms with van der Waals surface area (Å²) in [6, 6.07) is 28.8. The molecular formula is C47H47BN4. The molecule has 0 fully saturated rings. The van der Waals surface area contributed by atoms with Crippen LogP contribution in [-0.4, -0.2) is 21.2 Å². The molecule has 2 aliphatic rings. The molecule has 0 amide bonds. The van der Waals surface area contributed by atoms with Crippen molar-refractivity contribution in [1.29, 1.82) is 0 Å². The van der Waals surface area contributed by atoms with E-state index in [1.807, 2.05) is 6.20 Å². The van der Waals surface area contributed by atoms with Crippen molar-refractivity contribution >= 4 is 56.3 Å². The number of hydrogen-bond acceptors (Lipinski definition) is 3. The number of benzene rings is 5. The summed E-state index contributed by atoms with van der Waals surface area (Å²) >= 11 is 0. The van der Waals surface area contributed by atoms with Gasteiger partial charge in [-0.15, -0.1) is 0 Å². The summed E-state index contributed by atoms with van der Waals surface area (Å²) in [5.41, 5.74) is 21.5. The molecule has 4 heterocycles. The fourth-order valence-electron chi connectivity index (χ4n) is 8.71. The number of aryl methyl sites for hydroxylation is 1. The fourth-order valence-corrected chi connectivity index (χ4v) is 8.71. The standard InChI is InChI=1S/C47H47BN4/c1-25(2)30-11-10-29(9)35(16-30)37-18-32(27(5)6)20-39-46(37)51-41-22-34(42-24-49-14-15-50-42)23-44-45(41)48(39)40-21-33(28(7)8)19-38-36-17-31(26(3)4)12-13-43(36)52(44)47(38)40/h10-28,51H,1-9H3. The predicted octanol–water partition coefficient (Wildman–Crippen LogP) is 10.6. The Bertz CT molecular complexity index is 2570. The van der Waals surface area contributed by atoms with Gasteiger partial charge in [-0.25, -0.2) is 0 Å². The van der Waals surface area contributed by atoms with E-state index in [4.69, 9.17) is 4.98 Å². The topological polar surface area (TPSA) is 42.7 Å². The van der Waals surface area contributed by atoms with Crippen LogP contribution in [0.1, 0.15) is 107 Å². The molecule has 0 unspecified atom stereocenters. The zero-order valence-corrected chi connectivity index (χ0v) is 31.9. The summed E-state index contributed by atoms with van der Waals surface area (Å²) in [4.78, 5) is 9.28. The largest absolute Gasteiger partial charge is 0.356 e. The van der Waals surface area contributed by atoms with E-state index in [1.165, 1.54) is 88.5 Å². The molecule has 0 saturated carbocycles. The van der Waals surface area contributed by atoms with E-state index in [9.17, 15) is 0 Å². The highest BCUT2D eigenvalue weighted by Crippen LogP contribution is 2.43. The first-order chi connectivity index (χ1) is 25.0. The SMILES string of the molecule is Cc1ccc(C(C)C)cc1-c1cc(C(C)C)cc2c1Nc1cc(-c3cnccn3)cc3c1B2c1cc(C(C)C)cc2c4cc(C(C)C)ccc4n-3c12. The van der Waals surface area contributed by atoms with Gasteiger partial charge >= 0.3 is 0 Å². The number of aromatic nitrogens is 3. The maximum atomic E-state index is 4.79. The smallest absolute Gasteiger partial charge is 0.252 e. The lowest BCUT2D eigenvalue weighted by Crippen LogP contribution is -2.59. The molecule has 4 nitrogen and oxygen atoms in total. The summed E-state index contributed by atoms with van der Waals surface area (Å²) in [5, 5.41) is 6.77. The van der Waals surface area contributed by atoms with Gasteiger partial charge < -0.3 is 9.88 Å². The van der Waals surface area contributed by atoms with Gasteiger partial charge in [0.1, 0.15) is 0 Å². The maximum Gasteiger partial charge on any atom is 0.252 e. The van der Waals surface area contributed by atoms with Crippen LogP contribution in [0, 0.1) is 6.92 Å². The minimum Gasteiger partial charge on any atom is -0.356 e. The van der Waals surface area contributed by atoms with E-state index in [1.54, 1.807) is 12.4 Å². The maximum absolute atomic E-state index is 4.79. The Balaban J connectivity index is 1.45. The molecule has 0 atom stereocenters. The van der Waals surface area contributed by atoms with Crippen LogP contribution in [-0.2, 0) is 0 Å². The number of nitrogens with zero attached hydrogens (tertiary/aromatic N) is 3. The highest BCUT2D eigenvalue weighted by Gasteiger charge is 2.41. The number of fused-ring (bicyclic) bond motifs is 7. The van der Waals surface area contributed by atoms with E-state index in [2.05, 4.69) is 150 Å². The Kier molecular flexibility index (Phi) is 7.52. The number of anilines is 2. The Morgan fingerprint density at radius 3 is 2.00 bits per heavy atom. The third-order valence-corrected chi connectivity index (χ3v) is 11.8. The van der Waals surface area contributed by atoms with Crippen LogP contribution in [0.15, 0.2) is 91.4 Å². The minimum absolute atomic E-state index is 0.0609. The molecule has 1 N–H and O–H groups in total. The van der Waals surface area contributed by atoms with Crippen LogP contribution >= 0.6 is 0 Å². The minimum atomic E-state index is 0.0609. The van der Waals surface area contributed by atoms with Crippen molar-refractivity contribution in [3.05, 3.63) is 119 Å². The number of nitrogens with one attached hydrogen (secondary N) is 1. The molecule has 7 aromatic rings. The second-order valence-electron chi connectivity index (χ2n) is 16.4. The molecule has 0 spiro atoms. The predicted molar refractivity (Wildman–Crippen MR) is 223 cm³/mol. The van der Waals surface area contributed by atoms with Crippen LogP contribution in [0.25, 0.3) is 49.9 Å². The van der Waals surface area contributed by atoms with Crippen LogP contribution in [0.4, 0.5) is 11.4 Å². The molecule has 258 valence electrons. The van der Waals surface area contributed by atoms with Gasteiger partial charge in [0.15, 0.2) is 0 Å². The van der Waals surface area contributed by atoms with Crippen LogP contribution < -0.4 is 21.7 Å². The lowest BCUT2D eigenvalue weighted by molar-refractivity contribution is 0.865. The van der Waals surface area contributed by atoms with Gasteiger partial charge in [0.25, 0.3) is 6.71 Å². The zero-order valence-electron chi connectivity index (χ0n) is 31.9. The van der Waals surface area contributed by atoms with Crippen molar-refractivity contribution in [2.75, 3.05) is 5.32 Å². The van der Waals surface area contributed by atoms with Gasteiger partial charge in [0.05, 0.1) is 17.4 Å². The molecule has 5 heteroatoms. The number of hydrogen-bond donors (Lipinski definition) is 1. The first kappa shape index (κ1) is 32.7. The first-order valence-corrected chi connectivity index (χ1v) is 19.1. The van der Waals surface area contributed by atoms with Gasteiger partial charge in [-0.1, -0.05) is 91.8 Å². The molecule has 0 bridgehead atoms. The lowest BCUT2D eigenvalue weighted by Gasteiger charge is -2.36. The van der Waals surface area contributed by atoms with Gasteiger partial charge in [0.2, 0.25) is 0 Å². The average Bonchev–Trinajstić information content (AvgIpc) is 3.47. The van der Waals surface area contributed by atoms with Crippen molar-refractivity contribution in [2.24, 2.45) is 0 Å². The van der Waals surface area contributed by atoms with E-state index in [0.29, 0.717) is 23.7 Å². The van der Waals surface area contributed by atoms with Crippen molar-refractivity contribution < 1.29 is 0 Å². The summed E-state index contributed by atoms with van der Waals surface area (Å²) < 4.78 is 2.56. The van der Waals surface area contributed by atoms with Gasteiger partial charge in [-0.05, 0) is 117 Å². The first-order valence-electron chi connectivity index (χ1n) is 19.1. The van der Waals surface area contributed by atoms with E-state index in [-0.39, 0.29) is 6.71 Å². The Hall–Kier alpha value is -5.16.